The maximum Gasteiger partial charge on any atom is 0.328 e. The predicted molar refractivity (Wildman–Crippen MR) is 126 cm³/mol. The van der Waals surface area contributed by atoms with Gasteiger partial charge < -0.3 is 29.4 Å². The summed E-state index contributed by atoms with van der Waals surface area (Å²) in [6, 6.07) is 8.21. The van der Waals surface area contributed by atoms with E-state index >= 15 is 0 Å². The third-order valence-electron chi connectivity index (χ3n) is 4.50. The van der Waals surface area contributed by atoms with E-state index < -0.39 is 15.8 Å². The third-order valence-corrected chi connectivity index (χ3v) is 5.78. The van der Waals surface area contributed by atoms with E-state index in [2.05, 4.69) is 5.32 Å². The number of benzene rings is 2. The molecule has 0 saturated carbocycles. The Morgan fingerprint density at radius 2 is 1.61 bits per heavy atom. The molecule has 0 amide bonds. The number of methoxy groups -OCH3 is 4. The first kappa shape index (κ1) is 25.6. The molecule has 0 atom stereocenters. The molecule has 9 nitrogen and oxygen atoms in total. The van der Waals surface area contributed by atoms with Crippen molar-refractivity contribution in [3.63, 3.8) is 0 Å². The lowest BCUT2D eigenvalue weighted by Crippen LogP contribution is -2.05. The molecule has 0 bridgehead atoms. The van der Waals surface area contributed by atoms with Crippen molar-refractivity contribution in [3.05, 3.63) is 59.0 Å². The number of aliphatic carboxylic acids is 1. The first-order valence-electron chi connectivity index (χ1n) is 9.74. The normalized spacial score (nSPS) is 11.5. The van der Waals surface area contributed by atoms with Crippen LogP contribution in [0.15, 0.2) is 47.9 Å². The van der Waals surface area contributed by atoms with Crippen molar-refractivity contribution in [2.75, 3.05) is 40.3 Å². The highest BCUT2D eigenvalue weighted by atomic mass is 32.2. The fourth-order valence-corrected chi connectivity index (χ4v) is 4.04. The number of ether oxygens (including phenoxy) is 4. The van der Waals surface area contributed by atoms with Crippen molar-refractivity contribution in [1.29, 1.82) is 0 Å². The molecule has 0 fully saturated rings. The van der Waals surface area contributed by atoms with Crippen molar-refractivity contribution < 1.29 is 37.3 Å². The summed E-state index contributed by atoms with van der Waals surface area (Å²) in [5, 5.41) is 12.8. The highest BCUT2D eigenvalue weighted by Gasteiger charge is 2.14. The number of hydrogen-bond acceptors (Lipinski definition) is 8. The molecule has 2 aromatic carbocycles. The fraction of sp³-hybridized carbons (Fsp3) is 0.261. The Hall–Kier alpha value is -3.66. The van der Waals surface area contributed by atoms with E-state index in [9.17, 15) is 13.2 Å². The van der Waals surface area contributed by atoms with Gasteiger partial charge in [0.15, 0.2) is 9.84 Å². The van der Waals surface area contributed by atoms with Gasteiger partial charge in [-0.2, -0.15) is 0 Å². The molecule has 33 heavy (non-hydrogen) atoms. The quantitative estimate of drug-likeness (QED) is 0.443. The lowest BCUT2D eigenvalue weighted by Gasteiger charge is -2.13. The number of sulfone groups is 1. The molecule has 0 saturated heterocycles. The van der Waals surface area contributed by atoms with Gasteiger partial charge in [-0.25, -0.2) is 13.2 Å². The highest BCUT2D eigenvalue weighted by molar-refractivity contribution is 7.93. The van der Waals surface area contributed by atoms with Gasteiger partial charge in [-0.3, -0.25) is 0 Å². The molecule has 10 heteroatoms. The molecule has 0 spiro atoms. The summed E-state index contributed by atoms with van der Waals surface area (Å²) in [6.45, 7) is 0.232. The van der Waals surface area contributed by atoms with E-state index in [-0.39, 0.29) is 12.3 Å². The molecule has 0 radical (unpaired) electrons. The first-order valence-corrected chi connectivity index (χ1v) is 11.5. The number of carboxylic acid groups (broad SMARTS) is 1. The molecule has 2 rings (SSSR count). The van der Waals surface area contributed by atoms with Crippen LogP contribution in [-0.4, -0.2) is 54.5 Å². The first-order chi connectivity index (χ1) is 15.7. The van der Waals surface area contributed by atoms with Crippen LogP contribution < -0.4 is 24.3 Å². The van der Waals surface area contributed by atoms with Crippen LogP contribution in [0.25, 0.3) is 6.08 Å². The van der Waals surface area contributed by atoms with Crippen LogP contribution in [0, 0.1) is 0 Å². The van der Waals surface area contributed by atoms with Crippen LogP contribution >= 0.6 is 0 Å². The van der Waals surface area contributed by atoms with Gasteiger partial charge in [0, 0.05) is 30.2 Å². The number of carboxylic acids is 1. The van der Waals surface area contributed by atoms with E-state index in [0.29, 0.717) is 39.8 Å². The molecule has 0 heterocycles. The summed E-state index contributed by atoms with van der Waals surface area (Å²) in [4.78, 5) is 10.6. The Morgan fingerprint density at radius 3 is 2.15 bits per heavy atom. The Morgan fingerprint density at radius 1 is 0.970 bits per heavy atom. The second kappa shape index (κ2) is 11.8. The van der Waals surface area contributed by atoms with Crippen molar-refractivity contribution in [3.8, 4) is 23.0 Å². The van der Waals surface area contributed by atoms with E-state index in [1.807, 2.05) is 0 Å². The van der Waals surface area contributed by atoms with Gasteiger partial charge in [0.05, 0.1) is 45.4 Å². The minimum Gasteiger partial charge on any atom is -0.496 e. The summed E-state index contributed by atoms with van der Waals surface area (Å²) in [6.07, 6.45) is 3.87. The van der Waals surface area contributed by atoms with Gasteiger partial charge in [-0.1, -0.05) is 12.1 Å². The second-order valence-corrected chi connectivity index (χ2v) is 8.60. The Kier molecular flexibility index (Phi) is 9.17. The van der Waals surface area contributed by atoms with E-state index in [1.54, 1.807) is 30.3 Å². The average Bonchev–Trinajstić information content (AvgIpc) is 2.79. The number of nitrogens with one attached hydrogen (secondary N) is 1. The smallest absolute Gasteiger partial charge is 0.328 e. The van der Waals surface area contributed by atoms with Gasteiger partial charge in [-0.15, -0.1) is 0 Å². The van der Waals surface area contributed by atoms with Gasteiger partial charge >= 0.3 is 5.97 Å². The molecule has 178 valence electrons. The topological polar surface area (TPSA) is 120 Å². The van der Waals surface area contributed by atoms with E-state index in [4.69, 9.17) is 24.1 Å². The van der Waals surface area contributed by atoms with Crippen LogP contribution in [0.2, 0.25) is 0 Å². The average molecular weight is 478 g/mol. The number of carbonyl (C=O) groups is 1. The van der Waals surface area contributed by atoms with E-state index in [1.165, 1.54) is 40.6 Å². The standard InChI is InChI=1S/C23H27NO8S/c1-29-17-13-21(31-3)18(22(14-17)32-4)9-11-33(27,28)15-16-7-8-20(30-2)19(12-16)24-10-5-6-23(25)26/h5-9,11-14,24H,10,15H2,1-4H3,(H,25,26)/b6-5?,11-9+. The van der Waals surface area contributed by atoms with Gasteiger partial charge in [0.25, 0.3) is 0 Å². The van der Waals surface area contributed by atoms with Gasteiger partial charge in [-0.05, 0) is 23.8 Å². The molecular formula is C23H27NO8S. The molecule has 0 aromatic heterocycles. The molecule has 2 N–H and O–H groups in total. The minimum absolute atomic E-state index is 0.232. The largest absolute Gasteiger partial charge is 0.496 e. The lowest BCUT2D eigenvalue weighted by atomic mass is 10.1. The van der Waals surface area contributed by atoms with Crippen LogP contribution in [0.4, 0.5) is 5.69 Å². The number of rotatable bonds is 12. The predicted octanol–water partition coefficient (Wildman–Crippen LogP) is 3.36. The van der Waals surface area contributed by atoms with Crippen molar-refractivity contribution >= 4 is 27.6 Å². The maximum absolute atomic E-state index is 12.8. The van der Waals surface area contributed by atoms with Crippen LogP contribution in [0.1, 0.15) is 11.1 Å². The molecule has 0 aliphatic rings. The van der Waals surface area contributed by atoms with Crippen molar-refractivity contribution in [1.82, 2.24) is 0 Å². The van der Waals surface area contributed by atoms with Gasteiger partial charge in [0.1, 0.15) is 23.0 Å². The second-order valence-electron chi connectivity index (χ2n) is 6.71. The summed E-state index contributed by atoms with van der Waals surface area (Å²) >= 11 is 0. The molecule has 0 aliphatic heterocycles. The fourth-order valence-electron chi connectivity index (χ4n) is 2.96. The third kappa shape index (κ3) is 7.46. The van der Waals surface area contributed by atoms with Crippen LogP contribution in [0.5, 0.6) is 23.0 Å². The molecule has 0 unspecified atom stereocenters. The monoisotopic (exact) mass is 477 g/mol. The molecule has 0 aliphatic carbocycles. The zero-order chi connectivity index (χ0) is 24.4. The van der Waals surface area contributed by atoms with E-state index in [0.717, 1.165) is 11.5 Å². The van der Waals surface area contributed by atoms with Crippen molar-refractivity contribution in [2.45, 2.75) is 5.75 Å². The Balaban J connectivity index is 2.26. The molecular weight excluding hydrogens is 450 g/mol. The Bertz CT molecular complexity index is 1110. The highest BCUT2D eigenvalue weighted by Crippen LogP contribution is 2.35. The maximum atomic E-state index is 12.8. The van der Waals surface area contributed by atoms with Gasteiger partial charge in [0.2, 0.25) is 0 Å². The molecule has 2 aromatic rings. The van der Waals surface area contributed by atoms with Crippen molar-refractivity contribution in [2.24, 2.45) is 0 Å². The summed E-state index contributed by atoms with van der Waals surface area (Å²) in [7, 11) is 2.28. The number of hydrogen-bond donors (Lipinski definition) is 2. The summed E-state index contributed by atoms with van der Waals surface area (Å²) in [5.74, 6) is 0.517. The summed E-state index contributed by atoms with van der Waals surface area (Å²) < 4.78 is 46.7. The lowest BCUT2D eigenvalue weighted by molar-refractivity contribution is -0.131. The van der Waals surface area contributed by atoms with Crippen LogP contribution in [0.3, 0.4) is 0 Å². The number of anilines is 1. The minimum atomic E-state index is -3.65. The Labute approximate surface area is 193 Å². The SMILES string of the molecule is COc1cc(OC)c(/C=C/S(=O)(=O)Cc2ccc(OC)c(NCC=CC(=O)O)c2)c(OC)c1. The zero-order valence-electron chi connectivity index (χ0n) is 18.8. The van der Waals surface area contributed by atoms with Crippen LogP contribution in [-0.2, 0) is 20.4 Å². The summed E-state index contributed by atoms with van der Waals surface area (Å²) in [5.41, 5.74) is 1.54. The zero-order valence-corrected chi connectivity index (χ0v) is 19.6.